The van der Waals surface area contributed by atoms with Crippen LogP contribution in [0, 0.1) is 18.6 Å². The van der Waals surface area contributed by atoms with Crippen LogP contribution in [0.5, 0.6) is 5.75 Å². The summed E-state index contributed by atoms with van der Waals surface area (Å²) in [5.41, 5.74) is 0. The van der Waals surface area contributed by atoms with Crippen LogP contribution < -0.4 is 15.4 Å². The lowest BCUT2D eigenvalue weighted by atomic mass is 10.3. The lowest BCUT2D eigenvalue weighted by Gasteiger charge is -2.12. The molecule has 0 aliphatic heterocycles. The second-order valence-electron chi connectivity index (χ2n) is 4.96. The second-order valence-corrected chi connectivity index (χ2v) is 6.28. The highest BCUT2D eigenvalue weighted by Crippen LogP contribution is 2.15. The lowest BCUT2D eigenvalue weighted by Crippen LogP contribution is -2.40. The van der Waals surface area contributed by atoms with Crippen molar-refractivity contribution in [2.24, 2.45) is 4.99 Å². The molecule has 138 valence electrons. The van der Waals surface area contributed by atoms with Gasteiger partial charge in [0.1, 0.15) is 12.4 Å². The van der Waals surface area contributed by atoms with Gasteiger partial charge in [-0.3, -0.25) is 4.99 Å². The summed E-state index contributed by atoms with van der Waals surface area (Å²) in [6.07, 6.45) is 2.69. The Morgan fingerprint density at radius 1 is 1.24 bits per heavy atom. The molecule has 0 radical (unpaired) electrons. The monoisotopic (exact) mass is 482 g/mol. The molecule has 25 heavy (non-hydrogen) atoms. The van der Waals surface area contributed by atoms with E-state index < -0.39 is 11.6 Å². The van der Waals surface area contributed by atoms with Gasteiger partial charge in [-0.2, -0.15) is 0 Å². The van der Waals surface area contributed by atoms with Crippen molar-refractivity contribution in [2.75, 3.05) is 26.7 Å². The van der Waals surface area contributed by atoms with E-state index in [1.54, 1.807) is 18.4 Å². The molecule has 1 heterocycles. The van der Waals surface area contributed by atoms with Crippen LogP contribution in [0.2, 0.25) is 0 Å². The van der Waals surface area contributed by atoms with Gasteiger partial charge in [-0.05, 0) is 19.1 Å². The van der Waals surface area contributed by atoms with E-state index in [1.807, 2.05) is 13.1 Å². The Bertz CT molecular complexity index is 697. The summed E-state index contributed by atoms with van der Waals surface area (Å²) in [4.78, 5) is 9.60. The Morgan fingerprint density at radius 3 is 2.64 bits per heavy atom. The fourth-order valence-electron chi connectivity index (χ4n) is 1.93. The Hall–Kier alpha value is -1.49. The number of hydrogen-bond donors (Lipinski definition) is 2. The van der Waals surface area contributed by atoms with E-state index in [2.05, 4.69) is 20.6 Å². The van der Waals surface area contributed by atoms with Gasteiger partial charge in [-0.15, -0.1) is 35.3 Å². The summed E-state index contributed by atoms with van der Waals surface area (Å²) in [7, 11) is 1.68. The van der Waals surface area contributed by atoms with Gasteiger partial charge in [-0.1, -0.05) is 0 Å². The zero-order valence-corrected chi connectivity index (χ0v) is 17.2. The molecule has 0 amide bonds. The molecule has 0 bridgehead atoms. The largest absolute Gasteiger partial charge is 0.492 e. The summed E-state index contributed by atoms with van der Waals surface area (Å²) in [6.45, 7) is 3.53. The van der Waals surface area contributed by atoms with Crippen molar-refractivity contribution in [3.05, 3.63) is 45.9 Å². The number of thiazole rings is 1. The van der Waals surface area contributed by atoms with Crippen molar-refractivity contribution in [2.45, 2.75) is 13.3 Å². The van der Waals surface area contributed by atoms with Crippen molar-refractivity contribution < 1.29 is 13.5 Å². The maximum absolute atomic E-state index is 13.0. The molecule has 0 unspecified atom stereocenters. The maximum Gasteiger partial charge on any atom is 0.191 e. The molecule has 1 aromatic carbocycles. The number of aromatic nitrogens is 1. The van der Waals surface area contributed by atoms with Crippen LogP contribution in [0.4, 0.5) is 8.78 Å². The van der Waals surface area contributed by atoms with E-state index >= 15 is 0 Å². The van der Waals surface area contributed by atoms with E-state index in [4.69, 9.17) is 4.74 Å². The molecule has 2 aromatic rings. The van der Waals surface area contributed by atoms with Crippen molar-refractivity contribution in [1.82, 2.24) is 15.6 Å². The fourth-order valence-corrected chi connectivity index (χ4v) is 2.72. The van der Waals surface area contributed by atoms with Gasteiger partial charge < -0.3 is 15.4 Å². The van der Waals surface area contributed by atoms with Crippen LogP contribution in [0.1, 0.15) is 9.88 Å². The summed E-state index contributed by atoms with van der Waals surface area (Å²) in [5, 5.41) is 7.35. The highest BCUT2D eigenvalue weighted by Gasteiger charge is 2.04. The number of aryl methyl sites for hydroxylation is 1. The third kappa shape index (κ3) is 7.51. The minimum Gasteiger partial charge on any atom is -0.492 e. The highest BCUT2D eigenvalue weighted by atomic mass is 127. The number of nitrogens with zero attached hydrogens (tertiary/aromatic N) is 2. The van der Waals surface area contributed by atoms with Gasteiger partial charge in [0.05, 0.1) is 11.6 Å². The molecule has 5 nitrogen and oxygen atoms in total. The van der Waals surface area contributed by atoms with E-state index in [0.29, 0.717) is 19.1 Å². The third-order valence-corrected chi connectivity index (χ3v) is 4.05. The van der Waals surface area contributed by atoms with Gasteiger partial charge in [0.2, 0.25) is 0 Å². The van der Waals surface area contributed by atoms with Crippen LogP contribution in [-0.2, 0) is 6.42 Å². The maximum atomic E-state index is 13.0. The molecule has 0 saturated carbocycles. The topological polar surface area (TPSA) is 58.5 Å². The SMILES string of the molecule is CN=C(NCCOc1ccc(F)c(F)c1)NCCc1ncc(C)s1.I. The molecule has 2 rings (SSSR count). The van der Waals surface area contributed by atoms with Gasteiger partial charge in [0.15, 0.2) is 17.6 Å². The predicted octanol–water partition coefficient (Wildman–Crippen LogP) is 3.13. The quantitative estimate of drug-likeness (QED) is 0.276. The normalized spacial score (nSPS) is 11.0. The van der Waals surface area contributed by atoms with Crippen molar-refractivity contribution in [1.29, 1.82) is 0 Å². The Labute approximate surface area is 166 Å². The van der Waals surface area contributed by atoms with E-state index in [9.17, 15) is 8.78 Å². The first kappa shape index (κ1) is 21.6. The van der Waals surface area contributed by atoms with Crippen molar-refractivity contribution >= 4 is 41.3 Å². The molecule has 0 fully saturated rings. The molecular weight excluding hydrogens is 461 g/mol. The van der Waals surface area contributed by atoms with Crippen LogP contribution in [-0.4, -0.2) is 37.7 Å². The number of benzene rings is 1. The van der Waals surface area contributed by atoms with Crippen molar-refractivity contribution in [3.63, 3.8) is 0 Å². The summed E-state index contributed by atoms with van der Waals surface area (Å²) in [6, 6.07) is 3.46. The average Bonchev–Trinajstić information content (AvgIpc) is 2.98. The van der Waals surface area contributed by atoms with Crippen LogP contribution in [0.25, 0.3) is 0 Å². The molecule has 0 aliphatic rings. The second kappa shape index (κ2) is 11.2. The molecule has 0 aliphatic carbocycles. The summed E-state index contributed by atoms with van der Waals surface area (Å²) >= 11 is 1.68. The smallest absolute Gasteiger partial charge is 0.191 e. The highest BCUT2D eigenvalue weighted by molar-refractivity contribution is 14.0. The van der Waals surface area contributed by atoms with E-state index in [0.717, 1.165) is 30.1 Å². The first-order valence-electron chi connectivity index (χ1n) is 7.52. The minimum atomic E-state index is -0.921. The van der Waals surface area contributed by atoms with E-state index in [-0.39, 0.29) is 29.7 Å². The van der Waals surface area contributed by atoms with Crippen LogP contribution >= 0.6 is 35.3 Å². The zero-order valence-electron chi connectivity index (χ0n) is 14.0. The first-order chi connectivity index (χ1) is 11.6. The fraction of sp³-hybridized carbons (Fsp3) is 0.375. The predicted molar refractivity (Wildman–Crippen MR) is 107 cm³/mol. The molecule has 9 heteroatoms. The number of rotatable bonds is 7. The minimum absolute atomic E-state index is 0. The van der Waals surface area contributed by atoms with Gasteiger partial charge in [0, 0.05) is 37.2 Å². The molecule has 1 aromatic heterocycles. The molecule has 0 spiro atoms. The molecule has 0 atom stereocenters. The van der Waals surface area contributed by atoms with Crippen LogP contribution in [0.15, 0.2) is 29.4 Å². The first-order valence-corrected chi connectivity index (χ1v) is 8.34. The van der Waals surface area contributed by atoms with Gasteiger partial charge in [0.25, 0.3) is 0 Å². The number of nitrogens with one attached hydrogen (secondary N) is 2. The summed E-state index contributed by atoms with van der Waals surface area (Å²) < 4.78 is 31.2. The number of halogens is 3. The zero-order chi connectivity index (χ0) is 17.4. The summed E-state index contributed by atoms with van der Waals surface area (Å²) in [5.74, 6) is -0.870. The lowest BCUT2D eigenvalue weighted by molar-refractivity contribution is 0.318. The van der Waals surface area contributed by atoms with Crippen LogP contribution in [0.3, 0.4) is 0 Å². The number of aliphatic imine (C=N–C) groups is 1. The Balaban J connectivity index is 0.00000312. The third-order valence-electron chi connectivity index (χ3n) is 3.08. The standard InChI is InChI=1S/C16H20F2N4OS.HI/c1-11-10-22-15(24-11)5-6-20-16(19-2)21-7-8-23-12-3-4-13(17)14(18)9-12;/h3-4,9-10H,5-8H2,1-2H3,(H2,19,20,21);1H. The van der Waals surface area contributed by atoms with Gasteiger partial charge in [-0.25, -0.2) is 13.8 Å². The van der Waals surface area contributed by atoms with Crippen molar-refractivity contribution in [3.8, 4) is 5.75 Å². The Kier molecular flexibility index (Phi) is 9.65. The molecule has 2 N–H and O–H groups in total. The van der Waals surface area contributed by atoms with Gasteiger partial charge >= 0.3 is 0 Å². The average molecular weight is 482 g/mol. The number of ether oxygens (including phenoxy) is 1. The van der Waals surface area contributed by atoms with E-state index in [1.165, 1.54) is 10.9 Å². The number of guanidine groups is 1. The molecular formula is C16H21F2IN4OS. The molecule has 0 saturated heterocycles. The number of hydrogen-bond acceptors (Lipinski definition) is 4. The Morgan fingerprint density at radius 2 is 2.00 bits per heavy atom.